The minimum atomic E-state index is -4.56. The summed E-state index contributed by atoms with van der Waals surface area (Å²) in [5.74, 6) is -0.0487. The van der Waals surface area contributed by atoms with Gasteiger partial charge in [-0.1, -0.05) is 20.8 Å². The van der Waals surface area contributed by atoms with Crippen molar-refractivity contribution in [2.75, 3.05) is 6.54 Å². The van der Waals surface area contributed by atoms with E-state index in [9.17, 15) is 18.0 Å². The summed E-state index contributed by atoms with van der Waals surface area (Å²) in [4.78, 5) is 19.2. The molecule has 3 aromatic heterocycles. The number of carbonyl (C=O) groups is 1. The summed E-state index contributed by atoms with van der Waals surface area (Å²) in [5, 5.41) is 11.3. The predicted octanol–water partition coefficient (Wildman–Crippen LogP) is 4.52. The van der Waals surface area contributed by atoms with Crippen molar-refractivity contribution >= 4 is 11.6 Å². The molecule has 1 amide bonds. The van der Waals surface area contributed by atoms with E-state index in [1.54, 1.807) is 24.0 Å². The second kappa shape index (κ2) is 7.97. The second-order valence-corrected chi connectivity index (χ2v) is 8.20. The van der Waals surface area contributed by atoms with E-state index in [-0.39, 0.29) is 17.5 Å². The van der Waals surface area contributed by atoms with E-state index < -0.39 is 17.9 Å². The molecule has 1 atom stereocenters. The van der Waals surface area contributed by atoms with Crippen LogP contribution in [0.2, 0.25) is 0 Å². The lowest BCUT2D eigenvalue weighted by Gasteiger charge is -2.34. The third kappa shape index (κ3) is 4.03. The van der Waals surface area contributed by atoms with Crippen LogP contribution >= 0.6 is 0 Å². The molecule has 1 aliphatic heterocycles. The SMILES string of the molecule is CCc1cc(C(F)(F)F)n2nc([C@@H]3CCCCN3C(=O)c3cc(C(C)C)[nH]n3)cc2n1. The van der Waals surface area contributed by atoms with Gasteiger partial charge in [0, 0.05) is 24.0 Å². The Hall–Kier alpha value is -2.91. The average molecular weight is 434 g/mol. The first-order valence-corrected chi connectivity index (χ1v) is 10.5. The van der Waals surface area contributed by atoms with E-state index in [1.807, 2.05) is 13.8 Å². The highest BCUT2D eigenvalue weighted by Gasteiger charge is 2.37. The Kier molecular flexibility index (Phi) is 5.49. The number of amides is 1. The average Bonchev–Trinajstić information content (AvgIpc) is 3.39. The molecule has 3 aromatic rings. The first-order valence-electron chi connectivity index (χ1n) is 10.5. The second-order valence-electron chi connectivity index (χ2n) is 8.20. The molecular weight excluding hydrogens is 409 g/mol. The van der Waals surface area contributed by atoms with Crippen molar-refractivity contribution in [3.05, 3.63) is 46.7 Å². The lowest BCUT2D eigenvalue weighted by Crippen LogP contribution is -2.39. The van der Waals surface area contributed by atoms with Crippen LogP contribution in [-0.2, 0) is 12.6 Å². The molecule has 0 spiro atoms. The summed E-state index contributed by atoms with van der Waals surface area (Å²) < 4.78 is 41.7. The van der Waals surface area contributed by atoms with Crippen LogP contribution in [-0.4, -0.2) is 42.1 Å². The van der Waals surface area contributed by atoms with Crippen LogP contribution in [0.5, 0.6) is 0 Å². The number of alkyl halides is 3. The van der Waals surface area contributed by atoms with Crippen LogP contribution in [0.4, 0.5) is 13.2 Å². The Bertz CT molecular complexity index is 1100. The minimum absolute atomic E-state index is 0.140. The van der Waals surface area contributed by atoms with Gasteiger partial charge in [0.15, 0.2) is 5.65 Å². The molecule has 1 aliphatic rings. The van der Waals surface area contributed by atoms with Crippen molar-refractivity contribution in [1.29, 1.82) is 0 Å². The predicted molar refractivity (Wildman–Crippen MR) is 108 cm³/mol. The number of aromatic nitrogens is 5. The minimum Gasteiger partial charge on any atom is -0.329 e. The van der Waals surface area contributed by atoms with Gasteiger partial charge >= 0.3 is 6.18 Å². The molecule has 4 rings (SSSR count). The number of nitrogens with one attached hydrogen (secondary N) is 1. The highest BCUT2D eigenvalue weighted by molar-refractivity contribution is 5.92. The summed E-state index contributed by atoms with van der Waals surface area (Å²) >= 11 is 0. The van der Waals surface area contributed by atoms with Gasteiger partial charge < -0.3 is 4.90 Å². The summed E-state index contributed by atoms with van der Waals surface area (Å²) in [7, 11) is 0. The number of hydrogen-bond donors (Lipinski definition) is 1. The standard InChI is InChI=1S/C21H25F3N6O/c1-4-13-9-18(21(22,23)24)30-19(25-13)11-15(28-30)17-7-5-6-8-29(17)20(31)16-10-14(12(2)3)26-27-16/h9-12,17H,4-8H2,1-3H3,(H,26,27)/t17-/m0/s1. The fraction of sp³-hybridized carbons (Fsp3) is 0.524. The number of hydrogen-bond acceptors (Lipinski definition) is 4. The monoisotopic (exact) mass is 434 g/mol. The van der Waals surface area contributed by atoms with Crippen LogP contribution < -0.4 is 0 Å². The maximum atomic E-state index is 13.6. The van der Waals surface area contributed by atoms with Crippen molar-refractivity contribution in [1.82, 2.24) is 29.7 Å². The number of halogens is 3. The smallest absolute Gasteiger partial charge is 0.329 e. The van der Waals surface area contributed by atoms with Crippen molar-refractivity contribution in [3.8, 4) is 0 Å². The highest BCUT2D eigenvalue weighted by atomic mass is 19.4. The number of piperidine rings is 1. The van der Waals surface area contributed by atoms with E-state index in [2.05, 4.69) is 20.3 Å². The number of aryl methyl sites for hydroxylation is 1. The lowest BCUT2D eigenvalue weighted by atomic mass is 9.99. The van der Waals surface area contributed by atoms with Crippen LogP contribution in [0.1, 0.15) is 85.3 Å². The van der Waals surface area contributed by atoms with Gasteiger partial charge in [0.05, 0.1) is 11.7 Å². The van der Waals surface area contributed by atoms with Gasteiger partial charge in [-0.05, 0) is 43.7 Å². The highest BCUT2D eigenvalue weighted by Crippen LogP contribution is 2.34. The number of fused-ring (bicyclic) bond motifs is 1. The Morgan fingerprint density at radius 3 is 2.68 bits per heavy atom. The molecule has 1 saturated heterocycles. The van der Waals surface area contributed by atoms with Crippen LogP contribution in [0.25, 0.3) is 5.65 Å². The summed E-state index contributed by atoms with van der Waals surface area (Å²) in [6.07, 6.45) is -1.87. The van der Waals surface area contributed by atoms with Crippen molar-refractivity contribution in [2.24, 2.45) is 0 Å². The molecule has 0 radical (unpaired) electrons. The Morgan fingerprint density at radius 1 is 1.26 bits per heavy atom. The molecule has 0 aliphatic carbocycles. The largest absolute Gasteiger partial charge is 0.433 e. The number of nitrogens with zero attached hydrogens (tertiary/aromatic N) is 5. The number of aromatic amines is 1. The first-order chi connectivity index (χ1) is 14.7. The molecule has 4 heterocycles. The van der Waals surface area contributed by atoms with Crippen LogP contribution in [0.15, 0.2) is 18.2 Å². The van der Waals surface area contributed by atoms with E-state index in [0.29, 0.717) is 36.5 Å². The fourth-order valence-corrected chi connectivity index (χ4v) is 3.96. The normalized spacial score (nSPS) is 17.6. The molecule has 1 N–H and O–H groups in total. The molecule has 0 unspecified atom stereocenters. The van der Waals surface area contributed by atoms with Gasteiger partial charge in [-0.15, -0.1) is 0 Å². The zero-order chi connectivity index (χ0) is 22.3. The zero-order valence-corrected chi connectivity index (χ0v) is 17.7. The van der Waals surface area contributed by atoms with Gasteiger partial charge in [0.1, 0.15) is 11.4 Å². The third-order valence-corrected chi connectivity index (χ3v) is 5.70. The summed E-state index contributed by atoms with van der Waals surface area (Å²) in [6, 6.07) is 3.91. The Labute approximate surface area is 177 Å². The van der Waals surface area contributed by atoms with Crippen LogP contribution in [0.3, 0.4) is 0 Å². The van der Waals surface area contributed by atoms with E-state index in [0.717, 1.165) is 29.1 Å². The van der Waals surface area contributed by atoms with Crippen molar-refractivity contribution < 1.29 is 18.0 Å². The number of likely N-dealkylation sites (tertiary alicyclic amines) is 1. The van der Waals surface area contributed by atoms with Gasteiger partial charge in [-0.3, -0.25) is 9.89 Å². The molecule has 0 bridgehead atoms. The van der Waals surface area contributed by atoms with Gasteiger partial charge in [-0.2, -0.15) is 23.4 Å². The first kappa shape index (κ1) is 21.3. The van der Waals surface area contributed by atoms with Crippen LogP contribution in [0, 0.1) is 0 Å². The van der Waals surface area contributed by atoms with Crippen molar-refractivity contribution in [3.63, 3.8) is 0 Å². The quantitative estimate of drug-likeness (QED) is 0.655. The molecular formula is C21H25F3N6O. The zero-order valence-electron chi connectivity index (χ0n) is 17.7. The molecule has 0 aromatic carbocycles. The van der Waals surface area contributed by atoms with E-state index in [4.69, 9.17) is 0 Å². The maximum Gasteiger partial charge on any atom is 0.433 e. The topological polar surface area (TPSA) is 79.2 Å². The molecule has 31 heavy (non-hydrogen) atoms. The van der Waals surface area contributed by atoms with E-state index >= 15 is 0 Å². The molecule has 166 valence electrons. The molecule has 7 nitrogen and oxygen atoms in total. The van der Waals surface area contributed by atoms with E-state index in [1.165, 1.54) is 0 Å². The fourth-order valence-electron chi connectivity index (χ4n) is 3.96. The number of H-pyrrole nitrogens is 1. The molecule has 10 heteroatoms. The maximum absolute atomic E-state index is 13.6. The Morgan fingerprint density at radius 2 is 2.03 bits per heavy atom. The van der Waals surface area contributed by atoms with Gasteiger partial charge in [0.25, 0.3) is 5.91 Å². The Balaban J connectivity index is 1.73. The molecule has 1 fully saturated rings. The van der Waals surface area contributed by atoms with Gasteiger partial charge in [0.2, 0.25) is 0 Å². The summed E-state index contributed by atoms with van der Waals surface area (Å²) in [6.45, 7) is 6.25. The van der Waals surface area contributed by atoms with Gasteiger partial charge in [-0.25, -0.2) is 9.50 Å². The van der Waals surface area contributed by atoms with Crippen molar-refractivity contribution in [2.45, 2.75) is 64.6 Å². The summed E-state index contributed by atoms with van der Waals surface area (Å²) in [5.41, 5.74) is 1.21. The number of rotatable bonds is 4. The lowest BCUT2D eigenvalue weighted by molar-refractivity contribution is -0.142. The third-order valence-electron chi connectivity index (χ3n) is 5.70. The number of carbonyl (C=O) groups excluding carboxylic acids is 1. The molecule has 0 saturated carbocycles.